The quantitative estimate of drug-likeness (QED) is 0.649. The lowest BCUT2D eigenvalue weighted by Crippen LogP contribution is -3.18. The first-order valence-electron chi connectivity index (χ1n) is 6.66. The lowest BCUT2D eigenvalue weighted by Gasteiger charge is -2.32. The zero-order valence-electron chi connectivity index (χ0n) is 11.6. The molecule has 0 radical (unpaired) electrons. The minimum Gasteiger partial charge on any atom is -0.550 e. The maximum Gasteiger partial charge on any atom is 0.278 e. The number of benzene rings is 1. The third kappa shape index (κ3) is 3.69. The van der Waals surface area contributed by atoms with Gasteiger partial charge in [-0.1, -0.05) is 0 Å². The van der Waals surface area contributed by atoms with E-state index in [2.05, 4.69) is 5.32 Å². The van der Waals surface area contributed by atoms with Gasteiger partial charge in [-0.05, 0) is 12.1 Å². The van der Waals surface area contributed by atoms with Crippen molar-refractivity contribution < 1.29 is 28.7 Å². The molecule has 114 valence electrons. The van der Waals surface area contributed by atoms with E-state index in [9.17, 15) is 19.1 Å². The Kier molecular flexibility index (Phi) is 4.74. The van der Waals surface area contributed by atoms with Gasteiger partial charge in [0.2, 0.25) is 0 Å². The number of nitrogens with one attached hydrogen (secondary N) is 2. The van der Waals surface area contributed by atoms with Crippen molar-refractivity contribution in [2.75, 3.05) is 20.2 Å². The summed E-state index contributed by atoms with van der Waals surface area (Å²) in [6.45, 7) is 1.21. The number of aliphatic carboxylic acids is 1. The van der Waals surface area contributed by atoms with E-state index >= 15 is 0 Å². The van der Waals surface area contributed by atoms with E-state index in [0.717, 1.165) is 0 Å². The maximum absolute atomic E-state index is 14.0. The van der Waals surface area contributed by atoms with Gasteiger partial charge in [0.1, 0.15) is 18.1 Å². The van der Waals surface area contributed by atoms with Gasteiger partial charge in [-0.2, -0.15) is 0 Å². The van der Waals surface area contributed by atoms with Gasteiger partial charge in [0.25, 0.3) is 5.91 Å². The average Bonchev–Trinajstić information content (AvgIpc) is 2.44. The lowest BCUT2D eigenvalue weighted by atomic mass is 10.1. The fraction of sp³-hybridized carbons (Fsp3) is 0.429. The Morgan fingerprint density at radius 3 is 2.95 bits per heavy atom. The molecule has 1 heterocycles. The fourth-order valence-electron chi connectivity index (χ4n) is 2.49. The van der Waals surface area contributed by atoms with Gasteiger partial charge in [0.05, 0.1) is 20.2 Å². The van der Waals surface area contributed by atoms with Crippen molar-refractivity contribution in [3.05, 3.63) is 29.6 Å². The molecule has 0 spiro atoms. The summed E-state index contributed by atoms with van der Waals surface area (Å²) in [6.07, 6.45) is -0.376. The lowest BCUT2D eigenvalue weighted by molar-refractivity contribution is -0.931. The third-order valence-corrected chi connectivity index (χ3v) is 3.60. The van der Waals surface area contributed by atoms with Crippen LogP contribution in [0.1, 0.15) is 12.0 Å². The van der Waals surface area contributed by atoms with Gasteiger partial charge in [-0.3, -0.25) is 4.79 Å². The smallest absolute Gasteiger partial charge is 0.278 e. The Morgan fingerprint density at radius 1 is 1.57 bits per heavy atom. The normalized spacial score (nSPS) is 21.7. The monoisotopic (exact) mass is 296 g/mol. The van der Waals surface area contributed by atoms with Crippen LogP contribution in [0.25, 0.3) is 0 Å². The molecule has 1 saturated heterocycles. The zero-order valence-corrected chi connectivity index (χ0v) is 11.6. The Balaban J connectivity index is 2.15. The summed E-state index contributed by atoms with van der Waals surface area (Å²) in [7, 11) is 1.45. The number of halogens is 1. The van der Waals surface area contributed by atoms with E-state index in [1.54, 1.807) is 12.1 Å². The number of amides is 1. The standard InChI is InChI=1S/C14H17FN2O4/c1-21-10-3-2-9(11(15)6-10)8-17-5-4-16-14(20)12(17)7-13(18)19/h2-3,6,12H,4-5,7-8H2,1H3,(H,16,20)(H,18,19)/t12-/m0/s1. The van der Waals surface area contributed by atoms with E-state index in [-0.39, 0.29) is 18.9 Å². The molecule has 1 amide bonds. The number of carbonyl (C=O) groups is 2. The number of carbonyl (C=O) groups excluding carboxylic acids is 2. The van der Waals surface area contributed by atoms with Crippen LogP contribution in [-0.4, -0.2) is 38.1 Å². The number of quaternary nitrogens is 1. The summed E-state index contributed by atoms with van der Waals surface area (Å²) in [5.41, 5.74) is 0.420. The SMILES string of the molecule is COc1ccc(C[NH+]2CCNC(=O)[C@@H]2CC(=O)[O-])c(F)c1. The first kappa shape index (κ1) is 15.2. The van der Waals surface area contributed by atoms with Crippen LogP contribution >= 0.6 is 0 Å². The summed E-state index contributed by atoms with van der Waals surface area (Å²) in [4.78, 5) is 23.3. The van der Waals surface area contributed by atoms with Crippen LogP contribution in [0.2, 0.25) is 0 Å². The van der Waals surface area contributed by atoms with Crippen molar-refractivity contribution in [3.63, 3.8) is 0 Å². The molecule has 1 aromatic carbocycles. The molecular formula is C14H17FN2O4. The van der Waals surface area contributed by atoms with Crippen LogP contribution < -0.4 is 20.1 Å². The summed E-state index contributed by atoms with van der Waals surface area (Å²) < 4.78 is 18.9. The Morgan fingerprint density at radius 2 is 2.33 bits per heavy atom. The maximum atomic E-state index is 14.0. The number of hydrogen-bond acceptors (Lipinski definition) is 4. The molecule has 2 atom stereocenters. The molecule has 1 aliphatic heterocycles. The second kappa shape index (κ2) is 6.53. The minimum absolute atomic E-state index is 0.237. The molecule has 21 heavy (non-hydrogen) atoms. The van der Waals surface area contributed by atoms with Crippen molar-refractivity contribution in [2.45, 2.75) is 19.0 Å². The Labute approximate surface area is 121 Å². The van der Waals surface area contributed by atoms with Gasteiger partial charge < -0.3 is 24.9 Å². The predicted octanol–water partition coefficient (Wildman–Crippen LogP) is -2.14. The van der Waals surface area contributed by atoms with Crippen molar-refractivity contribution >= 4 is 11.9 Å². The van der Waals surface area contributed by atoms with Crippen LogP contribution in [0.15, 0.2) is 18.2 Å². The topological polar surface area (TPSA) is 82.9 Å². The number of ether oxygens (including phenoxy) is 1. The first-order chi connectivity index (χ1) is 10.0. The molecule has 1 aromatic rings. The van der Waals surface area contributed by atoms with Crippen molar-refractivity contribution in [3.8, 4) is 5.75 Å². The van der Waals surface area contributed by atoms with Gasteiger partial charge >= 0.3 is 0 Å². The summed E-state index contributed by atoms with van der Waals surface area (Å²) >= 11 is 0. The molecule has 1 aliphatic rings. The fourth-order valence-corrected chi connectivity index (χ4v) is 2.49. The molecule has 0 aromatic heterocycles. The number of piperazine rings is 1. The van der Waals surface area contributed by atoms with Gasteiger partial charge in [0, 0.05) is 24.0 Å². The van der Waals surface area contributed by atoms with Crippen LogP contribution in [0, 0.1) is 5.82 Å². The van der Waals surface area contributed by atoms with Gasteiger partial charge in [0.15, 0.2) is 6.04 Å². The molecule has 1 fully saturated rings. The molecule has 1 unspecified atom stereocenters. The molecule has 2 N–H and O–H groups in total. The number of hydrogen-bond donors (Lipinski definition) is 2. The molecule has 2 rings (SSSR count). The molecule has 0 saturated carbocycles. The summed E-state index contributed by atoms with van der Waals surface area (Å²) in [5.74, 6) is -1.65. The van der Waals surface area contributed by atoms with E-state index in [1.165, 1.54) is 13.2 Å². The molecular weight excluding hydrogens is 279 g/mol. The van der Waals surface area contributed by atoms with Crippen LogP contribution in [0.5, 0.6) is 5.75 Å². The van der Waals surface area contributed by atoms with Crippen LogP contribution in [0.4, 0.5) is 4.39 Å². The minimum atomic E-state index is -1.29. The molecule has 0 aliphatic carbocycles. The first-order valence-corrected chi connectivity index (χ1v) is 6.66. The highest BCUT2D eigenvalue weighted by atomic mass is 19.1. The molecule has 6 nitrogen and oxygen atoms in total. The highest BCUT2D eigenvalue weighted by Gasteiger charge is 2.33. The zero-order chi connectivity index (χ0) is 15.4. The number of rotatable bonds is 5. The average molecular weight is 296 g/mol. The van der Waals surface area contributed by atoms with Crippen LogP contribution in [-0.2, 0) is 16.1 Å². The highest BCUT2D eigenvalue weighted by Crippen LogP contribution is 2.15. The van der Waals surface area contributed by atoms with E-state index in [4.69, 9.17) is 4.74 Å². The van der Waals surface area contributed by atoms with Crippen molar-refractivity contribution in [1.82, 2.24) is 5.32 Å². The predicted molar refractivity (Wildman–Crippen MR) is 68.9 cm³/mol. The molecule has 7 heteroatoms. The van der Waals surface area contributed by atoms with Crippen molar-refractivity contribution in [2.24, 2.45) is 0 Å². The Bertz CT molecular complexity index is 550. The van der Waals surface area contributed by atoms with Crippen LogP contribution in [0.3, 0.4) is 0 Å². The Hall–Kier alpha value is -2.15. The van der Waals surface area contributed by atoms with E-state index in [1.807, 2.05) is 0 Å². The third-order valence-electron chi connectivity index (χ3n) is 3.60. The number of methoxy groups -OCH3 is 1. The largest absolute Gasteiger partial charge is 0.550 e. The molecule has 0 bridgehead atoms. The number of carboxylic acids is 1. The summed E-state index contributed by atoms with van der Waals surface area (Å²) in [6, 6.07) is 3.73. The van der Waals surface area contributed by atoms with Crippen molar-refractivity contribution in [1.29, 1.82) is 0 Å². The van der Waals surface area contributed by atoms with Gasteiger partial charge in [-0.25, -0.2) is 4.39 Å². The second-order valence-corrected chi connectivity index (χ2v) is 4.96. The second-order valence-electron chi connectivity index (χ2n) is 4.96. The summed E-state index contributed by atoms with van der Waals surface area (Å²) in [5, 5.41) is 13.4. The highest BCUT2D eigenvalue weighted by molar-refractivity contribution is 5.84. The van der Waals surface area contributed by atoms with E-state index in [0.29, 0.717) is 29.3 Å². The van der Waals surface area contributed by atoms with Gasteiger partial charge in [-0.15, -0.1) is 0 Å². The number of carboxylic acid groups (broad SMARTS) is 1. The van der Waals surface area contributed by atoms with E-state index < -0.39 is 17.8 Å².